The molecule has 0 aliphatic carbocycles. The van der Waals surface area contributed by atoms with Crippen LogP contribution in [0.2, 0.25) is 0 Å². The normalized spacial score (nSPS) is 27.4. The predicted octanol–water partition coefficient (Wildman–Crippen LogP) is 3.38. The van der Waals surface area contributed by atoms with Crippen LogP contribution in [-0.4, -0.2) is 25.0 Å². The predicted molar refractivity (Wildman–Crippen MR) is 102 cm³/mol. The summed E-state index contributed by atoms with van der Waals surface area (Å²) >= 11 is 0. The highest BCUT2D eigenvalue weighted by molar-refractivity contribution is 5.80. The maximum atomic E-state index is 11.6. The van der Waals surface area contributed by atoms with E-state index in [2.05, 4.69) is 53.8 Å². The highest BCUT2D eigenvalue weighted by Crippen LogP contribution is 2.46. The molecule has 2 N–H and O–H groups in total. The van der Waals surface area contributed by atoms with E-state index in [-0.39, 0.29) is 11.9 Å². The number of carbonyl (C=O) groups is 1. The van der Waals surface area contributed by atoms with Crippen LogP contribution in [0.4, 0.5) is 5.69 Å². The summed E-state index contributed by atoms with van der Waals surface area (Å²) in [5.41, 5.74) is 5.96. The van der Waals surface area contributed by atoms with Crippen molar-refractivity contribution in [2.24, 2.45) is 0 Å². The Labute approximate surface area is 150 Å². The number of hydrogen-bond acceptors (Lipinski definition) is 3. The van der Waals surface area contributed by atoms with Crippen LogP contribution >= 0.6 is 0 Å². The molecule has 3 aliphatic heterocycles. The molecule has 2 saturated heterocycles. The minimum Gasteiger partial charge on any atom is -0.336 e. The summed E-state index contributed by atoms with van der Waals surface area (Å²) in [7, 11) is 0. The molecule has 132 valence electrons. The first-order valence-electron chi connectivity index (χ1n) is 9.37. The second-order valence-corrected chi connectivity index (χ2v) is 7.55. The molecule has 0 spiro atoms. The second kappa shape index (κ2) is 6.34. The molecule has 0 aromatic heterocycles. The molecule has 0 bridgehead atoms. The summed E-state index contributed by atoms with van der Waals surface area (Å²) in [4.78, 5) is 13.9. The summed E-state index contributed by atoms with van der Waals surface area (Å²) in [5.74, 6) is 1.03. The molecule has 1 amide bonds. The van der Waals surface area contributed by atoms with Crippen molar-refractivity contribution in [2.75, 3.05) is 18.0 Å². The molecule has 4 rings (SSSR count). The summed E-state index contributed by atoms with van der Waals surface area (Å²) in [6, 6.07) is 7.05. The molecule has 2 fully saturated rings. The topological polar surface area (TPSA) is 44.4 Å². The minimum absolute atomic E-state index is 0.0700. The van der Waals surface area contributed by atoms with Gasteiger partial charge in [-0.05, 0) is 55.5 Å². The van der Waals surface area contributed by atoms with Gasteiger partial charge in [-0.1, -0.05) is 32.2 Å². The van der Waals surface area contributed by atoms with Crippen LogP contribution in [0.15, 0.2) is 42.8 Å². The zero-order chi connectivity index (χ0) is 17.6. The van der Waals surface area contributed by atoms with E-state index in [1.54, 1.807) is 0 Å². The average Bonchev–Trinajstić information content (AvgIpc) is 2.87. The van der Waals surface area contributed by atoms with E-state index in [4.69, 9.17) is 0 Å². The largest absolute Gasteiger partial charge is 0.336 e. The maximum Gasteiger partial charge on any atom is 0.224 e. The summed E-state index contributed by atoms with van der Waals surface area (Å²) in [6.07, 6.45) is 3.77. The summed E-state index contributed by atoms with van der Waals surface area (Å²) < 4.78 is 0. The van der Waals surface area contributed by atoms with Crippen molar-refractivity contribution in [3.8, 4) is 0 Å². The van der Waals surface area contributed by atoms with Gasteiger partial charge in [-0.15, -0.1) is 0 Å². The Kier molecular flexibility index (Phi) is 4.16. The monoisotopic (exact) mass is 337 g/mol. The van der Waals surface area contributed by atoms with Crippen LogP contribution in [0.25, 0.3) is 0 Å². The summed E-state index contributed by atoms with van der Waals surface area (Å²) in [6.45, 7) is 12.9. The Morgan fingerprint density at radius 2 is 1.92 bits per heavy atom. The standard InChI is InChI=1S/C21H27N3O/c1-13-15(3)24(19-6-7-21(25)23-14(19)2)20-5-4-17(12-18(13)20)16-8-10-22-11-9-16/h4-5,12-13,16,19,22H,2-3,6-11H2,1H3,(H,23,25). The van der Waals surface area contributed by atoms with Gasteiger partial charge in [-0.2, -0.15) is 0 Å². The fourth-order valence-electron chi connectivity index (χ4n) is 4.51. The first-order valence-corrected chi connectivity index (χ1v) is 9.37. The summed E-state index contributed by atoms with van der Waals surface area (Å²) in [5, 5.41) is 6.36. The number of benzene rings is 1. The van der Waals surface area contributed by atoms with Gasteiger partial charge in [-0.25, -0.2) is 0 Å². The van der Waals surface area contributed by atoms with E-state index in [9.17, 15) is 4.79 Å². The van der Waals surface area contributed by atoms with Gasteiger partial charge in [0.1, 0.15) is 0 Å². The molecule has 0 saturated carbocycles. The Hall–Kier alpha value is -2.07. The van der Waals surface area contributed by atoms with Crippen molar-refractivity contribution >= 4 is 11.6 Å². The van der Waals surface area contributed by atoms with Crippen LogP contribution in [0.5, 0.6) is 0 Å². The van der Waals surface area contributed by atoms with Crippen LogP contribution in [-0.2, 0) is 4.79 Å². The number of piperidine rings is 2. The zero-order valence-corrected chi connectivity index (χ0v) is 15.0. The Bertz CT molecular complexity index is 733. The first kappa shape index (κ1) is 16.4. The number of amides is 1. The van der Waals surface area contributed by atoms with E-state index in [0.29, 0.717) is 18.3 Å². The van der Waals surface area contributed by atoms with Crippen molar-refractivity contribution in [3.05, 3.63) is 53.9 Å². The third-order valence-electron chi connectivity index (χ3n) is 6.06. The number of allylic oxidation sites excluding steroid dienone is 1. The van der Waals surface area contributed by atoms with Gasteiger partial charge in [0.25, 0.3) is 0 Å². The Morgan fingerprint density at radius 1 is 1.16 bits per heavy atom. The molecule has 3 heterocycles. The number of hydrogen-bond donors (Lipinski definition) is 2. The first-order chi connectivity index (χ1) is 12.1. The quantitative estimate of drug-likeness (QED) is 0.869. The molecular weight excluding hydrogens is 310 g/mol. The number of anilines is 1. The van der Waals surface area contributed by atoms with Crippen LogP contribution in [0.1, 0.15) is 55.6 Å². The van der Waals surface area contributed by atoms with E-state index < -0.39 is 0 Å². The number of nitrogens with one attached hydrogen (secondary N) is 2. The van der Waals surface area contributed by atoms with Crippen LogP contribution < -0.4 is 15.5 Å². The highest BCUT2D eigenvalue weighted by Gasteiger charge is 2.37. The van der Waals surface area contributed by atoms with Crippen molar-refractivity contribution in [2.45, 2.75) is 50.5 Å². The van der Waals surface area contributed by atoms with Gasteiger partial charge in [0.15, 0.2) is 0 Å². The molecule has 1 aromatic rings. The maximum absolute atomic E-state index is 11.6. The van der Waals surface area contributed by atoms with Crippen molar-refractivity contribution in [1.82, 2.24) is 10.6 Å². The minimum atomic E-state index is 0.0700. The van der Waals surface area contributed by atoms with E-state index in [1.807, 2.05) is 0 Å². The lowest BCUT2D eigenvalue weighted by molar-refractivity contribution is -0.121. The van der Waals surface area contributed by atoms with Gasteiger partial charge in [0.2, 0.25) is 5.91 Å². The SMILES string of the molecule is C=C1NC(=O)CCC1N1C(=C)C(C)c2cc(C3CCNCC3)ccc21. The number of carbonyl (C=O) groups excluding carboxylic acids is 1. The molecule has 2 unspecified atom stereocenters. The molecule has 2 atom stereocenters. The van der Waals surface area contributed by atoms with E-state index >= 15 is 0 Å². The van der Waals surface area contributed by atoms with Crippen molar-refractivity contribution < 1.29 is 4.79 Å². The van der Waals surface area contributed by atoms with Crippen LogP contribution in [0, 0.1) is 0 Å². The number of fused-ring (bicyclic) bond motifs is 1. The molecule has 25 heavy (non-hydrogen) atoms. The van der Waals surface area contributed by atoms with Gasteiger partial charge in [0, 0.05) is 29.4 Å². The molecule has 1 aromatic carbocycles. The van der Waals surface area contributed by atoms with Crippen molar-refractivity contribution in [1.29, 1.82) is 0 Å². The van der Waals surface area contributed by atoms with Gasteiger partial charge in [-0.3, -0.25) is 4.79 Å². The molecule has 3 aliphatic rings. The highest BCUT2D eigenvalue weighted by atomic mass is 16.1. The van der Waals surface area contributed by atoms with Gasteiger partial charge in [0.05, 0.1) is 6.04 Å². The number of rotatable bonds is 2. The fraction of sp³-hybridized carbons (Fsp3) is 0.476. The molecule has 0 radical (unpaired) electrons. The average molecular weight is 337 g/mol. The molecule has 4 nitrogen and oxygen atoms in total. The van der Waals surface area contributed by atoms with Crippen molar-refractivity contribution in [3.63, 3.8) is 0 Å². The lowest BCUT2D eigenvalue weighted by atomic mass is 9.87. The second-order valence-electron chi connectivity index (χ2n) is 7.55. The lowest BCUT2D eigenvalue weighted by Gasteiger charge is -2.36. The Morgan fingerprint density at radius 3 is 2.64 bits per heavy atom. The smallest absolute Gasteiger partial charge is 0.224 e. The Balaban J connectivity index is 1.66. The van der Waals surface area contributed by atoms with E-state index in [1.165, 1.54) is 29.7 Å². The van der Waals surface area contributed by atoms with Crippen LogP contribution in [0.3, 0.4) is 0 Å². The molecule has 4 heteroatoms. The fourth-order valence-corrected chi connectivity index (χ4v) is 4.51. The van der Waals surface area contributed by atoms with Gasteiger partial charge < -0.3 is 15.5 Å². The van der Waals surface area contributed by atoms with E-state index in [0.717, 1.165) is 30.9 Å². The number of nitrogens with zero attached hydrogens (tertiary/aromatic N) is 1. The third kappa shape index (κ3) is 2.78. The van der Waals surface area contributed by atoms with Gasteiger partial charge >= 0.3 is 0 Å². The zero-order valence-electron chi connectivity index (χ0n) is 15.0. The third-order valence-corrected chi connectivity index (χ3v) is 6.06. The molecular formula is C21H27N3O. The lowest BCUT2D eigenvalue weighted by Crippen LogP contribution is -2.44.